The van der Waals surface area contributed by atoms with Crippen LogP contribution in [0.15, 0.2) is 12.1 Å². The van der Waals surface area contributed by atoms with Crippen molar-refractivity contribution >= 4 is 17.3 Å². The zero-order chi connectivity index (χ0) is 13.1. The van der Waals surface area contributed by atoms with E-state index in [1.54, 1.807) is 0 Å². The second kappa shape index (κ2) is 5.18. The molecule has 1 saturated heterocycles. The molecule has 0 aliphatic carbocycles. The number of anilines is 2. The van der Waals surface area contributed by atoms with Crippen LogP contribution in [-0.4, -0.2) is 29.2 Å². The minimum absolute atomic E-state index is 0.0595. The Hall–Kier alpha value is -1.89. The van der Waals surface area contributed by atoms with Crippen molar-refractivity contribution in [3.05, 3.63) is 22.2 Å². The Morgan fingerprint density at radius 3 is 3.06 bits per heavy atom. The zero-order valence-corrected chi connectivity index (χ0v) is 10.1. The van der Waals surface area contributed by atoms with Crippen molar-refractivity contribution in [2.45, 2.75) is 19.4 Å². The Kier molecular flexibility index (Phi) is 3.61. The lowest BCUT2D eigenvalue weighted by molar-refractivity contribution is -0.384. The molecule has 0 aromatic carbocycles. The smallest absolute Gasteiger partial charge is 0.311 e. The monoisotopic (exact) mass is 252 g/mol. The highest BCUT2D eigenvalue weighted by molar-refractivity contribution is 5.59. The van der Waals surface area contributed by atoms with E-state index in [9.17, 15) is 10.1 Å². The minimum Gasteiger partial charge on any atom is -0.384 e. The Morgan fingerprint density at radius 2 is 2.44 bits per heavy atom. The fraction of sp³-hybridized carbons (Fsp3) is 0.545. The number of ether oxygens (including phenoxy) is 1. The minimum atomic E-state index is -0.469. The quantitative estimate of drug-likeness (QED) is 0.620. The molecule has 0 saturated carbocycles. The molecule has 0 amide bonds. The van der Waals surface area contributed by atoms with Crippen molar-refractivity contribution in [1.29, 1.82) is 0 Å². The molecule has 7 heteroatoms. The van der Waals surface area contributed by atoms with Crippen LogP contribution >= 0.6 is 0 Å². The number of nitrogens with one attached hydrogen (secondary N) is 1. The topological polar surface area (TPSA) is 103 Å². The third-order valence-corrected chi connectivity index (χ3v) is 3.16. The molecule has 98 valence electrons. The molecule has 3 N–H and O–H groups in total. The van der Waals surface area contributed by atoms with Crippen molar-refractivity contribution < 1.29 is 9.66 Å². The van der Waals surface area contributed by atoms with Gasteiger partial charge in [0.1, 0.15) is 5.82 Å². The summed E-state index contributed by atoms with van der Waals surface area (Å²) < 4.78 is 5.44. The van der Waals surface area contributed by atoms with E-state index in [1.165, 1.54) is 12.1 Å². The van der Waals surface area contributed by atoms with Gasteiger partial charge in [-0.25, -0.2) is 4.98 Å². The molecule has 0 bridgehead atoms. The number of nitrogens with zero attached hydrogens (tertiary/aromatic N) is 2. The molecule has 0 spiro atoms. The van der Waals surface area contributed by atoms with Crippen LogP contribution in [0.1, 0.15) is 13.3 Å². The fourth-order valence-corrected chi connectivity index (χ4v) is 2.02. The van der Waals surface area contributed by atoms with Crippen LogP contribution in [0.5, 0.6) is 0 Å². The molecular formula is C11H16N4O3. The zero-order valence-electron chi connectivity index (χ0n) is 10.1. The van der Waals surface area contributed by atoms with Gasteiger partial charge in [-0.2, -0.15) is 0 Å². The van der Waals surface area contributed by atoms with Gasteiger partial charge < -0.3 is 15.8 Å². The summed E-state index contributed by atoms with van der Waals surface area (Å²) in [4.78, 5) is 14.3. The molecule has 1 aromatic heterocycles. The first-order valence-corrected chi connectivity index (χ1v) is 5.84. The van der Waals surface area contributed by atoms with Crippen molar-refractivity contribution in [2.24, 2.45) is 5.92 Å². The molecule has 2 rings (SSSR count). The fourth-order valence-electron chi connectivity index (χ4n) is 2.02. The van der Waals surface area contributed by atoms with Crippen LogP contribution in [0.4, 0.5) is 17.3 Å². The summed E-state index contributed by atoms with van der Waals surface area (Å²) in [6.07, 6.45) is 1.11. The van der Waals surface area contributed by atoms with E-state index < -0.39 is 4.92 Å². The second-order valence-electron chi connectivity index (χ2n) is 4.37. The summed E-state index contributed by atoms with van der Waals surface area (Å²) in [5, 5.41) is 13.8. The highest BCUT2D eigenvalue weighted by atomic mass is 16.6. The summed E-state index contributed by atoms with van der Waals surface area (Å²) in [6.45, 7) is 3.33. The van der Waals surface area contributed by atoms with Crippen LogP contribution in [0, 0.1) is 16.0 Å². The predicted molar refractivity (Wildman–Crippen MR) is 67.3 cm³/mol. The average Bonchev–Trinajstić information content (AvgIpc) is 2.72. The van der Waals surface area contributed by atoms with Crippen molar-refractivity contribution in [3.8, 4) is 0 Å². The maximum atomic E-state index is 10.9. The number of nitro groups is 1. The lowest BCUT2D eigenvalue weighted by Gasteiger charge is -2.15. The van der Waals surface area contributed by atoms with Gasteiger partial charge in [0.15, 0.2) is 0 Å². The largest absolute Gasteiger partial charge is 0.384 e. The highest BCUT2D eigenvalue weighted by Gasteiger charge is 2.25. The number of hydrogen-bond acceptors (Lipinski definition) is 6. The van der Waals surface area contributed by atoms with Crippen LogP contribution < -0.4 is 11.1 Å². The first kappa shape index (κ1) is 12.6. The summed E-state index contributed by atoms with van der Waals surface area (Å²) in [5.74, 6) is 0.825. The van der Waals surface area contributed by atoms with Crippen LogP contribution in [0.25, 0.3) is 0 Å². The molecular weight excluding hydrogens is 236 g/mol. The molecule has 2 unspecified atom stereocenters. The summed E-state index contributed by atoms with van der Waals surface area (Å²) >= 11 is 0. The maximum absolute atomic E-state index is 10.9. The number of nitrogen functional groups attached to an aromatic ring is 1. The Morgan fingerprint density at radius 1 is 1.67 bits per heavy atom. The maximum Gasteiger partial charge on any atom is 0.311 e. The van der Waals surface area contributed by atoms with Crippen molar-refractivity contribution in [2.75, 3.05) is 24.2 Å². The average molecular weight is 252 g/mol. The van der Waals surface area contributed by atoms with Gasteiger partial charge in [0.2, 0.25) is 5.82 Å². The predicted octanol–water partition coefficient (Wildman–Crippen LogP) is 1.41. The Bertz CT molecular complexity index is 452. The van der Waals surface area contributed by atoms with Gasteiger partial charge >= 0.3 is 5.69 Å². The van der Waals surface area contributed by atoms with Gasteiger partial charge in [-0.3, -0.25) is 10.1 Å². The van der Waals surface area contributed by atoms with E-state index in [-0.39, 0.29) is 23.4 Å². The van der Waals surface area contributed by atoms with E-state index >= 15 is 0 Å². The van der Waals surface area contributed by atoms with E-state index in [1.807, 2.05) is 6.92 Å². The van der Waals surface area contributed by atoms with E-state index in [2.05, 4.69) is 10.3 Å². The van der Waals surface area contributed by atoms with Crippen LogP contribution in [-0.2, 0) is 4.74 Å². The molecule has 2 heterocycles. The van der Waals surface area contributed by atoms with E-state index in [0.717, 1.165) is 13.0 Å². The van der Waals surface area contributed by atoms with Gasteiger partial charge in [0.05, 0.1) is 11.0 Å². The molecule has 1 aromatic rings. The standard InChI is InChI=1S/C11H16N4O3/c1-7-8(4-5-18-7)6-13-11-9(15(16)17)2-3-10(12)14-11/h2-3,7-8H,4-6H2,1H3,(H3,12,13,14). The van der Waals surface area contributed by atoms with Gasteiger partial charge in [0, 0.05) is 25.1 Å². The summed E-state index contributed by atoms with van der Waals surface area (Å²) in [6, 6.07) is 2.78. The second-order valence-corrected chi connectivity index (χ2v) is 4.37. The first-order chi connectivity index (χ1) is 8.58. The number of rotatable bonds is 4. The van der Waals surface area contributed by atoms with Crippen LogP contribution in [0.2, 0.25) is 0 Å². The number of pyridine rings is 1. The summed E-state index contributed by atoms with van der Waals surface area (Å²) in [5.41, 5.74) is 5.48. The number of hydrogen-bond donors (Lipinski definition) is 2. The molecule has 18 heavy (non-hydrogen) atoms. The third-order valence-electron chi connectivity index (χ3n) is 3.16. The number of nitrogens with two attached hydrogens (primary N) is 1. The molecule has 1 fully saturated rings. The van der Waals surface area contributed by atoms with Gasteiger partial charge in [0.25, 0.3) is 0 Å². The van der Waals surface area contributed by atoms with Crippen LogP contribution in [0.3, 0.4) is 0 Å². The summed E-state index contributed by atoms with van der Waals surface area (Å²) in [7, 11) is 0. The number of aromatic nitrogens is 1. The molecule has 1 aliphatic heterocycles. The third kappa shape index (κ3) is 2.67. The lowest BCUT2D eigenvalue weighted by atomic mass is 10.0. The van der Waals surface area contributed by atoms with Crippen molar-refractivity contribution in [1.82, 2.24) is 4.98 Å². The van der Waals surface area contributed by atoms with Gasteiger partial charge in [-0.15, -0.1) is 0 Å². The SMILES string of the molecule is CC1OCCC1CNc1nc(N)ccc1[N+](=O)[O-]. The molecule has 7 nitrogen and oxygen atoms in total. The normalized spacial score (nSPS) is 22.9. The lowest BCUT2D eigenvalue weighted by Crippen LogP contribution is -2.21. The van der Waals surface area contributed by atoms with Gasteiger partial charge in [-0.1, -0.05) is 0 Å². The molecule has 0 radical (unpaired) electrons. The Labute approximate surface area is 104 Å². The van der Waals surface area contributed by atoms with Crippen molar-refractivity contribution in [3.63, 3.8) is 0 Å². The Balaban J connectivity index is 2.08. The van der Waals surface area contributed by atoms with E-state index in [0.29, 0.717) is 12.5 Å². The van der Waals surface area contributed by atoms with Gasteiger partial charge in [-0.05, 0) is 19.4 Å². The molecule has 1 aliphatic rings. The molecule has 2 atom stereocenters. The first-order valence-electron chi connectivity index (χ1n) is 5.84. The van der Waals surface area contributed by atoms with E-state index in [4.69, 9.17) is 10.5 Å². The highest BCUT2D eigenvalue weighted by Crippen LogP contribution is 2.25.